The minimum absolute atomic E-state index is 0.863. The summed E-state index contributed by atoms with van der Waals surface area (Å²) in [6, 6.07) is 8.29. The Labute approximate surface area is 79.9 Å². The molecule has 2 rings (SSSR count). The van der Waals surface area contributed by atoms with Gasteiger partial charge in [-0.1, -0.05) is 15.9 Å². The van der Waals surface area contributed by atoms with Gasteiger partial charge in [0, 0.05) is 10.2 Å². The molecule has 3 nitrogen and oxygen atoms in total. The van der Waals surface area contributed by atoms with Crippen LogP contribution in [0.15, 0.2) is 28.7 Å². The van der Waals surface area contributed by atoms with Crippen molar-refractivity contribution < 1.29 is 0 Å². The molecule has 1 saturated heterocycles. The molecular weight excluding hydrogens is 218 g/mol. The minimum Gasteiger partial charge on any atom is -0.344 e. The Morgan fingerprint density at radius 1 is 1.08 bits per heavy atom. The van der Waals surface area contributed by atoms with Crippen LogP contribution in [0.5, 0.6) is 0 Å². The Bertz CT molecular complexity index is 254. The predicted octanol–water partition coefficient (Wildman–Crippen LogP) is 1.28. The first kappa shape index (κ1) is 8.04. The van der Waals surface area contributed by atoms with Crippen molar-refractivity contribution >= 4 is 21.6 Å². The summed E-state index contributed by atoms with van der Waals surface area (Å²) in [6.45, 7) is 1.73. The summed E-state index contributed by atoms with van der Waals surface area (Å²) in [6.07, 6.45) is 0. The molecule has 1 aliphatic heterocycles. The Balaban J connectivity index is 2.17. The van der Waals surface area contributed by atoms with Crippen LogP contribution in [-0.4, -0.2) is 13.3 Å². The van der Waals surface area contributed by atoms with Gasteiger partial charge in [0.05, 0.1) is 13.3 Å². The summed E-state index contributed by atoms with van der Waals surface area (Å²) >= 11 is 3.40. The zero-order chi connectivity index (χ0) is 8.39. The molecule has 0 spiro atoms. The first-order valence-electron chi connectivity index (χ1n) is 3.82. The second-order valence-electron chi connectivity index (χ2n) is 2.69. The maximum absolute atomic E-state index is 3.40. The van der Waals surface area contributed by atoms with Crippen molar-refractivity contribution in [2.45, 2.75) is 0 Å². The zero-order valence-corrected chi connectivity index (χ0v) is 8.13. The van der Waals surface area contributed by atoms with E-state index in [1.54, 1.807) is 0 Å². The fraction of sp³-hybridized carbons (Fsp3) is 0.250. The lowest BCUT2D eigenvalue weighted by atomic mass is 10.3. The third-order valence-electron chi connectivity index (χ3n) is 1.86. The van der Waals surface area contributed by atoms with Crippen LogP contribution in [0.1, 0.15) is 0 Å². The third kappa shape index (κ3) is 1.60. The van der Waals surface area contributed by atoms with Crippen molar-refractivity contribution in [3.8, 4) is 0 Å². The summed E-state index contributed by atoms with van der Waals surface area (Å²) in [4.78, 5) is 2.21. The number of rotatable bonds is 1. The molecule has 0 saturated carbocycles. The van der Waals surface area contributed by atoms with E-state index >= 15 is 0 Å². The third-order valence-corrected chi connectivity index (χ3v) is 2.39. The average Bonchev–Trinajstić information content (AvgIpc) is 2.58. The van der Waals surface area contributed by atoms with Crippen LogP contribution in [0.4, 0.5) is 5.69 Å². The molecular formula is C8H10BrN3. The Morgan fingerprint density at radius 2 is 1.67 bits per heavy atom. The van der Waals surface area contributed by atoms with Gasteiger partial charge in [-0.15, -0.1) is 0 Å². The van der Waals surface area contributed by atoms with Crippen LogP contribution >= 0.6 is 15.9 Å². The maximum atomic E-state index is 3.40. The van der Waals surface area contributed by atoms with Crippen LogP contribution < -0.4 is 15.8 Å². The lowest BCUT2D eigenvalue weighted by Crippen LogP contribution is -2.21. The van der Waals surface area contributed by atoms with Crippen molar-refractivity contribution in [3.63, 3.8) is 0 Å². The van der Waals surface area contributed by atoms with Crippen LogP contribution in [0.3, 0.4) is 0 Å². The number of nitrogens with one attached hydrogen (secondary N) is 2. The molecule has 0 amide bonds. The normalized spacial score (nSPS) is 16.9. The van der Waals surface area contributed by atoms with Gasteiger partial charge in [0.15, 0.2) is 0 Å². The molecule has 0 radical (unpaired) electrons. The van der Waals surface area contributed by atoms with Crippen molar-refractivity contribution in [2.24, 2.45) is 0 Å². The van der Waals surface area contributed by atoms with E-state index in [1.165, 1.54) is 5.69 Å². The number of anilines is 1. The molecule has 1 aromatic carbocycles. The van der Waals surface area contributed by atoms with Crippen LogP contribution in [-0.2, 0) is 0 Å². The SMILES string of the molecule is Brc1ccc(N2CNNC2)cc1. The van der Waals surface area contributed by atoms with Gasteiger partial charge >= 0.3 is 0 Å². The molecule has 0 aromatic heterocycles. The lowest BCUT2D eigenvalue weighted by Gasteiger charge is -2.14. The number of nitrogens with zero attached hydrogens (tertiary/aromatic N) is 1. The fourth-order valence-corrected chi connectivity index (χ4v) is 1.46. The van der Waals surface area contributed by atoms with E-state index < -0.39 is 0 Å². The summed E-state index contributed by atoms with van der Waals surface area (Å²) in [5, 5.41) is 0. The summed E-state index contributed by atoms with van der Waals surface area (Å²) in [5.74, 6) is 0. The second kappa shape index (κ2) is 3.43. The fourth-order valence-electron chi connectivity index (χ4n) is 1.19. The lowest BCUT2D eigenvalue weighted by molar-refractivity contribution is 0.689. The van der Waals surface area contributed by atoms with Gasteiger partial charge in [-0.3, -0.25) is 0 Å². The molecule has 0 unspecified atom stereocenters. The highest BCUT2D eigenvalue weighted by atomic mass is 79.9. The van der Waals surface area contributed by atoms with Crippen molar-refractivity contribution in [3.05, 3.63) is 28.7 Å². The van der Waals surface area contributed by atoms with E-state index in [4.69, 9.17) is 0 Å². The molecule has 2 N–H and O–H groups in total. The quantitative estimate of drug-likeness (QED) is 0.758. The Kier molecular flexibility index (Phi) is 2.30. The molecule has 4 heteroatoms. The van der Waals surface area contributed by atoms with Gasteiger partial charge in [0.1, 0.15) is 0 Å². The van der Waals surface area contributed by atoms with Crippen LogP contribution in [0.25, 0.3) is 0 Å². The molecule has 12 heavy (non-hydrogen) atoms. The van der Waals surface area contributed by atoms with E-state index in [0.29, 0.717) is 0 Å². The monoisotopic (exact) mass is 227 g/mol. The number of hydrazine groups is 1. The Hall–Kier alpha value is -0.580. The van der Waals surface area contributed by atoms with E-state index in [2.05, 4.69) is 43.8 Å². The number of halogens is 1. The summed E-state index contributed by atoms with van der Waals surface area (Å²) in [5.41, 5.74) is 7.33. The molecule has 64 valence electrons. The summed E-state index contributed by atoms with van der Waals surface area (Å²) < 4.78 is 1.12. The first-order valence-corrected chi connectivity index (χ1v) is 4.62. The molecule has 1 fully saturated rings. The van der Waals surface area contributed by atoms with Crippen molar-refractivity contribution in [2.75, 3.05) is 18.2 Å². The van der Waals surface area contributed by atoms with Gasteiger partial charge in [-0.05, 0) is 24.3 Å². The first-order chi connectivity index (χ1) is 5.86. The molecule has 0 aliphatic carbocycles. The van der Waals surface area contributed by atoms with Gasteiger partial charge in [0.25, 0.3) is 0 Å². The smallest absolute Gasteiger partial charge is 0.0824 e. The highest BCUT2D eigenvalue weighted by Gasteiger charge is 2.09. The van der Waals surface area contributed by atoms with E-state index in [1.807, 2.05) is 12.1 Å². The average molecular weight is 228 g/mol. The number of benzene rings is 1. The van der Waals surface area contributed by atoms with E-state index in [-0.39, 0.29) is 0 Å². The second-order valence-corrected chi connectivity index (χ2v) is 3.60. The topological polar surface area (TPSA) is 27.3 Å². The molecule has 1 heterocycles. The zero-order valence-electron chi connectivity index (χ0n) is 6.55. The largest absolute Gasteiger partial charge is 0.344 e. The van der Waals surface area contributed by atoms with Crippen LogP contribution in [0.2, 0.25) is 0 Å². The molecule has 1 aliphatic rings. The summed E-state index contributed by atoms with van der Waals surface area (Å²) in [7, 11) is 0. The van der Waals surface area contributed by atoms with Gasteiger partial charge in [-0.2, -0.15) is 0 Å². The maximum Gasteiger partial charge on any atom is 0.0824 e. The van der Waals surface area contributed by atoms with Crippen molar-refractivity contribution in [1.82, 2.24) is 10.9 Å². The van der Waals surface area contributed by atoms with E-state index in [0.717, 1.165) is 17.8 Å². The van der Waals surface area contributed by atoms with E-state index in [9.17, 15) is 0 Å². The van der Waals surface area contributed by atoms with Crippen LogP contribution in [0, 0.1) is 0 Å². The molecule has 1 aromatic rings. The van der Waals surface area contributed by atoms with Gasteiger partial charge in [0.2, 0.25) is 0 Å². The van der Waals surface area contributed by atoms with Gasteiger partial charge in [-0.25, -0.2) is 10.9 Å². The molecule has 0 bridgehead atoms. The van der Waals surface area contributed by atoms with Crippen molar-refractivity contribution in [1.29, 1.82) is 0 Å². The Morgan fingerprint density at radius 3 is 2.25 bits per heavy atom. The highest BCUT2D eigenvalue weighted by molar-refractivity contribution is 9.10. The number of hydrogen-bond acceptors (Lipinski definition) is 3. The predicted molar refractivity (Wildman–Crippen MR) is 52.6 cm³/mol. The standard InChI is InChI=1S/C8H10BrN3/c9-7-1-3-8(4-2-7)12-5-10-11-6-12/h1-4,10-11H,5-6H2. The van der Waals surface area contributed by atoms with Gasteiger partial charge < -0.3 is 4.90 Å². The molecule has 0 atom stereocenters. The highest BCUT2D eigenvalue weighted by Crippen LogP contribution is 2.17. The number of hydrogen-bond donors (Lipinski definition) is 2. The minimum atomic E-state index is 0.863.